The maximum atomic E-state index is 12.2. The molecule has 1 amide bonds. The van der Waals surface area contributed by atoms with E-state index < -0.39 is 0 Å². The minimum Gasteiger partial charge on any atom is -0.497 e. The highest BCUT2D eigenvalue weighted by Crippen LogP contribution is 2.26. The van der Waals surface area contributed by atoms with E-state index in [9.17, 15) is 4.79 Å². The van der Waals surface area contributed by atoms with E-state index in [1.807, 2.05) is 36.4 Å². The highest BCUT2D eigenvalue weighted by Gasteiger charge is 2.14. The summed E-state index contributed by atoms with van der Waals surface area (Å²) in [6.45, 7) is 0.526. The number of nitrogens with zero attached hydrogens (tertiary/aromatic N) is 3. The van der Waals surface area contributed by atoms with E-state index in [1.165, 1.54) is 23.1 Å². The molecule has 136 valence electrons. The van der Waals surface area contributed by atoms with Crippen LogP contribution in [-0.4, -0.2) is 40.9 Å². The normalized spacial score (nSPS) is 10.7. The number of amides is 1. The topological polar surface area (TPSA) is 68.5 Å². The molecule has 2 heterocycles. The van der Waals surface area contributed by atoms with Gasteiger partial charge in [0.1, 0.15) is 5.75 Å². The summed E-state index contributed by atoms with van der Waals surface area (Å²) in [7, 11) is 3.37. The lowest BCUT2D eigenvalue weighted by molar-refractivity contribution is -0.127. The minimum absolute atomic E-state index is 0.0243. The average molecular weight is 410 g/mol. The lowest BCUT2D eigenvalue weighted by Gasteiger charge is -2.15. The smallest absolute Gasteiger partial charge is 0.277 e. The van der Waals surface area contributed by atoms with E-state index in [0.29, 0.717) is 22.0 Å². The van der Waals surface area contributed by atoms with Crippen LogP contribution in [0.4, 0.5) is 0 Å². The Morgan fingerprint density at radius 1 is 1.27 bits per heavy atom. The Hall–Kier alpha value is -2.03. The van der Waals surface area contributed by atoms with Gasteiger partial charge in [0.05, 0.1) is 23.7 Å². The van der Waals surface area contributed by atoms with Gasteiger partial charge in [-0.05, 0) is 36.4 Å². The van der Waals surface area contributed by atoms with Crippen LogP contribution in [0.2, 0.25) is 4.34 Å². The van der Waals surface area contributed by atoms with Crippen LogP contribution in [0, 0.1) is 0 Å². The number of benzene rings is 1. The number of hydrogen-bond acceptors (Lipinski definition) is 7. The largest absolute Gasteiger partial charge is 0.497 e. The van der Waals surface area contributed by atoms with Crippen molar-refractivity contribution in [2.45, 2.75) is 11.8 Å². The number of carbonyl (C=O) groups is 1. The summed E-state index contributed by atoms with van der Waals surface area (Å²) in [4.78, 5) is 14.9. The molecule has 0 aliphatic rings. The van der Waals surface area contributed by atoms with Crippen LogP contribution >= 0.6 is 34.7 Å². The highest BCUT2D eigenvalue weighted by atomic mass is 35.5. The Labute approximate surface area is 164 Å². The number of methoxy groups -OCH3 is 1. The highest BCUT2D eigenvalue weighted by molar-refractivity contribution is 7.99. The first kappa shape index (κ1) is 18.8. The maximum Gasteiger partial charge on any atom is 0.277 e. The molecule has 0 N–H and O–H groups in total. The van der Waals surface area contributed by atoms with Crippen molar-refractivity contribution in [2.75, 3.05) is 19.9 Å². The molecule has 0 radical (unpaired) electrons. The first-order chi connectivity index (χ1) is 12.5. The van der Waals surface area contributed by atoms with E-state index in [2.05, 4.69) is 10.2 Å². The molecule has 0 aliphatic heterocycles. The van der Waals surface area contributed by atoms with Gasteiger partial charge in [-0.3, -0.25) is 4.79 Å². The molecular formula is C17H16ClN3O3S2. The van der Waals surface area contributed by atoms with Crippen molar-refractivity contribution in [3.8, 4) is 17.2 Å². The number of ether oxygens (including phenoxy) is 1. The van der Waals surface area contributed by atoms with E-state index in [4.69, 9.17) is 20.8 Å². The molecule has 3 rings (SSSR count). The van der Waals surface area contributed by atoms with Gasteiger partial charge >= 0.3 is 0 Å². The molecule has 9 heteroatoms. The van der Waals surface area contributed by atoms with Crippen molar-refractivity contribution in [3.05, 3.63) is 45.6 Å². The molecular weight excluding hydrogens is 394 g/mol. The second kappa shape index (κ2) is 8.57. The van der Waals surface area contributed by atoms with Crippen LogP contribution in [0.1, 0.15) is 4.88 Å². The molecule has 2 aromatic heterocycles. The van der Waals surface area contributed by atoms with E-state index in [0.717, 1.165) is 16.2 Å². The van der Waals surface area contributed by atoms with Crippen LogP contribution in [-0.2, 0) is 11.3 Å². The monoisotopic (exact) mass is 409 g/mol. The summed E-state index contributed by atoms with van der Waals surface area (Å²) in [6.07, 6.45) is 0. The number of thioether (sulfide) groups is 1. The van der Waals surface area contributed by atoms with Gasteiger partial charge in [0, 0.05) is 17.5 Å². The van der Waals surface area contributed by atoms with Gasteiger partial charge < -0.3 is 14.1 Å². The van der Waals surface area contributed by atoms with Crippen molar-refractivity contribution < 1.29 is 13.9 Å². The predicted octanol–water partition coefficient (Wildman–Crippen LogP) is 4.21. The number of thiophene rings is 1. The van der Waals surface area contributed by atoms with Crippen molar-refractivity contribution in [2.24, 2.45) is 0 Å². The Kier molecular flexibility index (Phi) is 6.18. The number of halogens is 1. The van der Waals surface area contributed by atoms with Crippen LogP contribution in [0.3, 0.4) is 0 Å². The number of carbonyl (C=O) groups excluding carboxylic acids is 1. The van der Waals surface area contributed by atoms with E-state index >= 15 is 0 Å². The summed E-state index contributed by atoms with van der Waals surface area (Å²) < 4.78 is 11.4. The molecule has 1 aromatic carbocycles. The molecule has 0 aliphatic carbocycles. The molecule has 6 nitrogen and oxygen atoms in total. The van der Waals surface area contributed by atoms with Gasteiger partial charge in [0.15, 0.2) is 0 Å². The van der Waals surface area contributed by atoms with E-state index in [-0.39, 0.29) is 11.7 Å². The molecule has 0 bridgehead atoms. The molecule has 0 atom stereocenters. The van der Waals surface area contributed by atoms with Crippen LogP contribution in [0.25, 0.3) is 11.5 Å². The SMILES string of the molecule is COc1ccc(-c2nnc(SCC(=O)N(C)Cc3ccc(Cl)s3)o2)cc1. The summed E-state index contributed by atoms with van der Waals surface area (Å²) in [5.41, 5.74) is 0.795. The maximum absolute atomic E-state index is 12.2. The minimum atomic E-state index is -0.0243. The third-order valence-corrected chi connectivity index (χ3v) is 5.53. The van der Waals surface area contributed by atoms with Crippen molar-refractivity contribution >= 4 is 40.6 Å². The zero-order valence-electron chi connectivity index (χ0n) is 14.1. The molecule has 0 saturated heterocycles. The van der Waals surface area contributed by atoms with Gasteiger partial charge in [0.2, 0.25) is 11.8 Å². The van der Waals surface area contributed by atoms with Gasteiger partial charge in [-0.2, -0.15) is 0 Å². The number of hydrogen-bond donors (Lipinski definition) is 0. The van der Waals surface area contributed by atoms with Crippen molar-refractivity contribution in [1.82, 2.24) is 15.1 Å². The number of rotatable bonds is 7. The van der Waals surface area contributed by atoms with Crippen molar-refractivity contribution in [3.63, 3.8) is 0 Å². The molecule has 0 unspecified atom stereocenters. The first-order valence-electron chi connectivity index (χ1n) is 7.64. The Morgan fingerprint density at radius 2 is 2.04 bits per heavy atom. The molecule has 0 saturated carbocycles. The standard InChI is InChI=1S/C17H16ClN3O3S2/c1-21(9-13-7-8-14(18)26-13)15(22)10-25-17-20-19-16(24-17)11-3-5-12(23-2)6-4-11/h3-8H,9-10H2,1-2H3. The third kappa shape index (κ3) is 4.78. The van der Waals surface area contributed by atoms with E-state index in [1.54, 1.807) is 19.1 Å². The average Bonchev–Trinajstić information content (AvgIpc) is 3.28. The molecule has 26 heavy (non-hydrogen) atoms. The van der Waals surface area contributed by atoms with Gasteiger partial charge in [0.25, 0.3) is 5.22 Å². The molecule has 0 spiro atoms. The summed E-state index contributed by atoms with van der Waals surface area (Å²) in [5, 5.41) is 8.36. The fourth-order valence-corrected chi connectivity index (χ4v) is 3.96. The van der Waals surface area contributed by atoms with Gasteiger partial charge in [-0.1, -0.05) is 23.4 Å². The zero-order chi connectivity index (χ0) is 18.5. The van der Waals surface area contributed by atoms with Gasteiger partial charge in [-0.25, -0.2) is 0 Å². The Bertz CT molecular complexity index is 880. The molecule has 0 fully saturated rings. The summed E-state index contributed by atoms with van der Waals surface area (Å²) >= 11 is 8.59. The lowest BCUT2D eigenvalue weighted by atomic mass is 10.2. The summed E-state index contributed by atoms with van der Waals surface area (Å²) in [6, 6.07) is 11.1. The Balaban J connectivity index is 1.54. The lowest BCUT2D eigenvalue weighted by Crippen LogP contribution is -2.27. The fourth-order valence-electron chi connectivity index (χ4n) is 2.11. The van der Waals surface area contributed by atoms with Crippen LogP contribution < -0.4 is 4.74 Å². The first-order valence-corrected chi connectivity index (χ1v) is 9.82. The van der Waals surface area contributed by atoms with Crippen LogP contribution in [0.5, 0.6) is 5.75 Å². The second-order valence-corrected chi connectivity index (χ2v) is 8.07. The molecule has 3 aromatic rings. The van der Waals surface area contributed by atoms with Crippen molar-refractivity contribution in [1.29, 1.82) is 0 Å². The van der Waals surface area contributed by atoms with Crippen LogP contribution in [0.15, 0.2) is 46.0 Å². The third-order valence-electron chi connectivity index (χ3n) is 3.51. The predicted molar refractivity (Wildman–Crippen MR) is 103 cm³/mol. The fraction of sp³-hybridized carbons (Fsp3) is 0.235. The van der Waals surface area contributed by atoms with Gasteiger partial charge in [-0.15, -0.1) is 21.5 Å². The second-order valence-electron chi connectivity index (χ2n) is 5.35. The number of aromatic nitrogens is 2. The summed E-state index contributed by atoms with van der Waals surface area (Å²) in [5.74, 6) is 1.36. The quantitative estimate of drug-likeness (QED) is 0.544. The zero-order valence-corrected chi connectivity index (χ0v) is 16.5. The Morgan fingerprint density at radius 3 is 2.69 bits per heavy atom.